The maximum absolute atomic E-state index is 13.6. The van der Waals surface area contributed by atoms with E-state index in [0.29, 0.717) is 16.1 Å². The molecule has 4 nitrogen and oxygen atoms in total. The average Bonchev–Trinajstić information content (AvgIpc) is 2.93. The van der Waals surface area contributed by atoms with E-state index in [2.05, 4.69) is 17.2 Å². The molecule has 21 heavy (non-hydrogen) atoms. The molecule has 1 aromatic carbocycles. The van der Waals surface area contributed by atoms with Crippen molar-refractivity contribution in [2.24, 2.45) is 5.73 Å². The third kappa shape index (κ3) is 3.60. The molecular formula is C15H13FN2O2S. The maximum Gasteiger partial charge on any atom is 0.267 e. The summed E-state index contributed by atoms with van der Waals surface area (Å²) < 4.78 is 18.4. The summed E-state index contributed by atoms with van der Waals surface area (Å²) in [6, 6.07) is 5.97. The molecule has 0 fully saturated rings. The van der Waals surface area contributed by atoms with Crippen molar-refractivity contribution in [2.75, 3.05) is 19.0 Å². The highest BCUT2D eigenvalue weighted by atomic mass is 32.1. The Balaban J connectivity index is 2.18. The minimum absolute atomic E-state index is 0.124. The number of carbonyl (C=O) groups is 1. The molecule has 1 aromatic heterocycles. The number of amides is 1. The van der Waals surface area contributed by atoms with Crippen LogP contribution in [0.25, 0.3) is 0 Å². The summed E-state index contributed by atoms with van der Waals surface area (Å²) in [6.07, 6.45) is 0. The fourth-order valence-electron chi connectivity index (χ4n) is 1.66. The molecule has 108 valence electrons. The first-order chi connectivity index (χ1) is 10.2. The van der Waals surface area contributed by atoms with Gasteiger partial charge in [0.15, 0.2) is 11.6 Å². The lowest BCUT2D eigenvalue weighted by Gasteiger charge is -2.06. The number of nitrogens with two attached hydrogens (primary N) is 1. The highest BCUT2D eigenvalue weighted by Crippen LogP contribution is 2.22. The first kappa shape index (κ1) is 15.0. The summed E-state index contributed by atoms with van der Waals surface area (Å²) in [5.74, 6) is 4.78. The Morgan fingerprint density at radius 2 is 2.29 bits per heavy atom. The van der Waals surface area contributed by atoms with Gasteiger partial charge in [0.2, 0.25) is 0 Å². The van der Waals surface area contributed by atoms with E-state index < -0.39 is 5.82 Å². The van der Waals surface area contributed by atoms with E-state index >= 15 is 0 Å². The highest BCUT2D eigenvalue weighted by molar-refractivity contribution is 7.12. The number of hydrogen-bond acceptors (Lipinski definition) is 4. The standard InChI is InChI=1S/C15H13FN2O2S/c1-20-13-5-4-11(9-12(13)16)18-15(19)14-10(3-2-7-17)6-8-21-14/h4-6,8-9H,7,17H2,1H3,(H,18,19). The molecule has 0 aliphatic carbocycles. The van der Waals surface area contributed by atoms with Crippen molar-refractivity contribution in [3.63, 3.8) is 0 Å². The first-order valence-electron chi connectivity index (χ1n) is 6.07. The molecule has 0 atom stereocenters. The van der Waals surface area contributed by atoms with E-state index in [4.69, 9.17) is 10.5 Å². The van der Waals surface area contributed by atoms with Gasteiger partial charge < -0.3 is 15.8 Å². The largest absolute Gasteiger partial charge is 0.494 e. The molecule has 0 saturated carbocycles. The molecule has 0 aliphatic rings. The van der Waals surface area contributed by atoms with Crippen LogP contribution in [0.4, 0.5) is 10.1 Å². The van der Waals surface area contributed by atoms with Crippen molar-refractivity contribution in [1.82, 2.24) is 0 Å². The fourth-order valence-corrected chi connectivity index (χ4v) is 2.41. The molecule has 2 aromatic rings. The van der Waals surface area contributed by atoms with Crippen LogP contribution in [-0.2, 0) is 0 Å². The van der Waals surface area contributed by atoms with Crippen LogP contribution in [0.2, 0.25) is 0 Å². The molecule has 1 amide bonds. The predicted octanol–water partition coefficient (Wildman–Crippen LogP) is 2.46. The third-order valence-corrected chi connectivity index (χ3v) is 3.52. The molecular weight excluding hydrogens is 291 g/mol. The molecule has 2 rings (SSSR count). The summed E-state index contributed by atoms with van der Waals surface area (Å²) in [5.41, 5.74) is 6.27. The van der Waals surface area contributed by atoms with Crippen molar-refractivity contribution in [1.29, 1.82) is 0 Å². The Labute approximate surface area is 125 Å². The maximum atomic E-state index is 13.6. The number of anilines is 1. The number of hydrogen-bond donors (Lipinski definition) is 2. The van der Waals surface area contributed by atoms with Crippen molar-refractivity contribution < 1.29 is 13.9 Å². The van der Waals surface area contributed by atoms with Gasteiger partial charge in [-0.2, -0.15) is 0 Å². The zero-order valence-electron chi connectivity index (χ0n) is 11.3. The molecule has 0 bridgehead atoms. The molecule has 0 radical (unpaired) electrons. The van der Waals surface area contributed by atoms with Crippen LogP contribution >= 0.6 is 11.3 Å². The van der Waals surface area contributed by atoms with Crippen LogP contribution in [0.15, 0.2) is 29.6 Å². The summed E-state index contributed by atoms with van der Waals surface area (Å²) >= 11 is 1.27. The number of halogens is 1. The second kappa shape index (κ2) is 6.88. The molecule has 3 N–H and O–H groups in total. The monoisotopic (exact) mass is 304 g/mol. The van der Waals surface area contributed by atoms with Gasteiger partial charge in [-0.05, 0) is 23.6 Å². The lowest BCUT2D eigenvalue weighted by atomic mass is 10.2. The third-order valence-electron chi connectivity index (χ3n) is 2.61. The lowest BCUT2D eigenvalue weighted by Crippen LogP contribution is -2.11. The number of thiophene rings is 1. The zero-order valence-corrected chi connectivity index (χ0v) is 12.1. The van der Waals surface area contributed by atoms with Gasteiger partial charge >= 0.3 is 0 Å². The van der Waals surface area contributed by atoms with Crippen LogP contribution in [-0.4, -0.2) is 19.6 Å². The number of nitrogens with one attached hydrogen (secondary N) is 1. The molecule has 0 saturated heterocycles. The minimum atomic E-state index is -0.537. The molecule has 6 heteroatoms. The normalized spacial score (nSPS) is 9.67. The summed E-state index contributed by atoms with van der Waals surface area (Å²) in [6.45, 7) is 0.223. The Bertz CT molecular complexity index is 716. The van der Waals surface area contributed by atoms with Crippen molar-refractivity contribution in [3.05, 3.63) is 45.9 Å². The summed E-state index contributed by atoms with van der Waals surface area (Å²) in [7, 11) is 1.38. The van der Waals surface area contributed by atoms with Gasteiger partial charge in [-0.15, -0.1) is 11.3 Å². The number of benzene rings is 1. The molecule has 0 unspecified atom stereocenters. The molecule has 0 spiro atoms. The van der Waals surface area contributed by atoms with Crippen LogP contribution in [0.5, 0.6) is 5.75 Å². The van der Waals surface area contributed by atoms with Crippen LogP contribution in [0.3, 0.4) is 0 Å². The SMILES string of the molecule is COc1ccc(NC(=O)c2sccc2C#CCN)cc1F. The van der Waals surface area contributed by atoms with E-state index in [1.165, 1.54) is 30.6 Å². The van der Waals surface area contributed by atoms with Crippen molar-refractivity contribution in [3.8, 4) is 17.6 Å². The topological polar surface area (TPSA) is 64.3 Å². The van der Waals surface area contributed by atoms with Crippen molar-refractivity contribution >= 4 is 22.9 Å². The van der Waals surface area contributed by atoms with E-state index in [0.717, 1.165) is 0 Å². The molecule has 0 aliphatic heterocycles. The van der Waals surface area contributed by atoms with Gasteiger partial charge in [0, 0.05) is 17.3 Å². The summed E-state index contributed by atoms with van der Waals surface area (Å²) in [5, 5.41) is 4.40. The van der Waals surface area contributed by atoms with Gasteiger partial charge in [-0.3, -0.25) is 4.79 Å². The predicted molar refractivity (Wildman–Crippen MR) is 81.2 cm³/mol. The number of methoxy groups -OCH3 is 1. The van der Waals surface area contributed by atoms with Gasteiger partial charge in [0.05, 0.1) is 13.7 Å². The Morgan fingerprint density at radius 3 is 2.95 bits per heavy atom. The van der Waals surface area contributed by atoms with E-state index in [9.17, 15) is 9.18 Å². The minimum Gasteiger partial charge on any atom is -0.494 e. The fraction of sp³-hybridized carbons (Fsp3) is 0.133. The van der Waals surface area contributed by atoms with Gasteiger partial charge in [0.25, 0.3) is 5.91 Å². The zero-order chi connectivity index (χ0) is 15.2. The van der Waals surface area contributed by atoms with E-state index in [-0.39, 0.29) is 18.2 Å². The summed E-state index contributed by atoms with van der Waals surface area (Å²) in [4.78, 5) is 12.6. The van der Waals surface area contributed by atoms with E-state index in [1.807, 2.05) is 0 Å². The molecule has 1 heterocycles. The van der Waals surface area contributed by atoms with Gasteiger partial charge in [0.1, 0.15) is 4.88 Å². The first-order valence-corrected chi connectivity index (χ1v) is 6.95. The number of rotatable bonds is 3. The Morgan fingerprint density at radius 1 is 1.48 bits per heavy atom. The quantitative estimate of drug-likeness (QED) is 0.856. The van der Waals surface area contributed by atoms with Gasteiger partial charge in [-0.25, -0.2) is 4.39 Å². The van der Waals surface area contributed by atoms with Crippen LogP contribution in [0, 0.1) is 17.7 Å². The highest BCUT2D eigenvalue weighted by Gasteiger charge is 2.13. The number of ether oxygens (including phenoxy) is 1. The van der Waals surface area contributed by atoms with Gasteiger partial charge in [-0.1, -0.05) is 11.8 Å². The van der Waals surface area contributed by atoms with E-state index in [1.54, 1.807) is 17.5 Å². The second-order valence-electron chi connectivity index (χ2n) is 3.97. The van der Waals surface area contributed by atoms with Crippen molar-refractivity contribution in [2.45, 2.75) is 0 Å². The van der Waals surface area contributed by atoms with Crippen LogP contribution < -0.4 is 15.8 Å². The second-order valence-corrected chi connectivity index (χ2v) is 4.89. The number of carbonyl (C=O) groups excluding carboxylic acids is 1. The lowest BCUT2D eigenvalue weighted by molar-refractivity contribution is 0.103. The average molecular weight is 304 g/mol. The Hall–Kier alpha value is -2.36. The smallest absolute Gasteiger partial charge is 0.267 e. The Kier molecular flexibility index (Phi) is 4.93. The van der Waals surface area contributed by atoms with Crippen LogP contribution in [0.1, 0.15) is 15.2 Å².